The van der Waals surface area contributed by atoms with E-state index in [4.69, 9.17) is 10.5 Å². The predicted molar refractivity (Wildman–Crippen MR) is 73.7 cm³/mol. The Hall–Kier alpha value is -2.97. The number of nitro groups is 1. The summed E-state index contributed by atoms with van der Waals surface area (Å²) in [5.74, 6) is -0.612. The van der Waals surface area contributed by atoms with Crippen molar-refractivity contribution in [2.75, 3.05) is 17.6 Å². The fourth-order valence-corrected chi connectivity index (χ4v) is 1.60. The second kappa shape index (κ2) is 5.99. The second-order valence-electron chi connectivity index (χ2n) is 3.95. The highest BCUT2D eigenvalue weighted by Gasteiger charge is 2.17. The molecule has 0 atom stereocenters. The van der Waals surface area contributed by atoms with Crippen LogP contribution in [0.1, 0.15) is 6.92 Å². The summed E-state index contributed by atoms with van der Waals surface area (Å²) in [5, 5.41) is 13.8. The Morgan fingerprint density at radius 3 is 2.86 bits per heavy atom. The smallest absolute Gasteiger partial charge is 0.311 e. The molecular weight excluding hydrogens is 281 g/mol. The van der Waals surface area contributed by atoms with Crippen LogP contribution in [0.5, 0.6) is 11.6 Å². The highest BCUT2D eigenvalue weighted by molar-refractivity contribution is 5.50. The molecule has 0 aliphatic carbocycles. The van der Waals surface area contributed by atoms with Crippen LogP contribution < -0.4 is 15.8 Å². The highest BCUT2D eigenvalue weighted by Crippen LogP contribution is 2.31. The maximum absolute atomic E-state index is 13.2. The van der Waals surface area contributed by atoms with Crippen LogP contribution in [0, 0.1) is 15.9 Å². The fourth-order valence-electron chi connectivity index (χ4n) is 1.60. The molecule has 0 saturated heterocycles. The number of halogens is 1. The molecule has 110 valence electrons. The Kier molecular flexibility index (Phi) is 4.12. The van der Waals surface area contributed by atoms with Gasteiger partial charge in [0.25, 0.3) is 0 Å². The van der Waals surface area contributed by atoms with Crippen molar-refractivity contribution < 1.29 is 14.1 Å². The van der Waals surface area contributed by atoms with Crippen LogP contribution >= 0.6 is 0 Å². The summed E-state index contributed by atoms with van der Waals surface area (Å²) in [5.41, 5.74) is 5.14. The van der Waals surface area contributed by atoms with Gasteiger partial charge in [-0.3, -0.25) is 10.1 Å². The van der Waals surface area contributed by atoms with E-state index in [-0.39, 0.29) is 23.3 Å². The summed E-state index contributed by atoms with van der Waals surface area (Å²) in [6.45, 7) is 2.45. The lowest BCUT2D eigenvalue weighted by Gasteiger charge is -2.08. The summed E-state index contributed by atoms with van der Waals surface area (Å²) >= 11 is 0. The largest absolute Gasteiger partial charge is 0.431 e. The Balaban J connectivity index is 2.37. The molecule has 0 bridgehead atoms. The zero-order chi connectivity index (χ0) is 15.4. The van der Waals surface area contributed by atoms with Crippen molar-refractivity contribution in [2.24, 2.45) is 0 Å². The molecule has 1 aromatic carbocycles. The molecule has 0 aliphatic rings. The second-order valence-corrected chi connectivity index (χ2v) is 3.95. The van der Waals surface area contributed by atoms with Crippen molar-refractivity contribution >= 4 is 17.5 Å². The number of nitrogen functional groups attached to an aromatic ring is 1. The molecule has 0 fully saturated rings. The molecule has 0 spiro atoms. The molecule has 3 N–H and O–H groups in total. The van der Waals surface area contributed by atoms with Crippen molar-refractivity contribution in [1.82, 2.24) is 9.97 Å². The molecule has 9 heteroatoms. The molecule has 1 aromatic heterocycles. The first-order chi connectivity index (χ1) is 9.99. The minimum atomic E-state index is -0.676. The maximum Gasteiger partial charge on any atom is 0.311 e. The molecule has 0 radical (unpaired) electrons. The van der Waals surface area contributed by atoms with E-state index in [9.17, 15) is 14.5 Å². The third-order valence-corrected chi connectivity index (χ3v) is 2.41. The molecule has 1 heterocycles. The van der Waals surface area contributed by atoms with Crippen molar-refractivity contribution in [1.29, 1.82) is 0 Å². The predicted octanol–water partition coefficient (Wildman–Crippen LogP) is 2.33. The van der Waals surface area contributed by atoms with Gasteiger partial charge in [-0.05, 0) is 13.0 Å². The molecule has 0 saturated carbocycles. The zero-order valence-corrected chi connectivity index (χ0v) is 11.0. The van der Waals surface area contributed by atoms with Crippen molar-refractivity contribution in [2.45, 2.75) is 6.92 Å². The van der Waals surface area contributed by atoms with Gasteiger partial charge in [0, 0.05) is 24.7 Å². The first-order valence-corrected chi connectivity index (χ1v) is 6.00. The first kappa shape index (κ1) is 14.4. The summed E-state index contributed by atoms with van der Waals surface area (Å²) < 4.78 is 18.5. The van der Waals surface area contributed by atoms with E-state index in [1.807, 2.05) is 6.92 Å². The molecule has 0 unspecified atom stereocenters. The lowest BCUT2D eigenvalue weighted by Crippen LogP contribution is -2.04. The number of anilines is 2. The molecule has 2 aromatic rings. The number of hydrogen-bond donors (Lipinski definition) is 2. The summed E-state index contributed by atoms with van der Waals surface area (Å²) in [4.78, 5) is 17.9. The summed E-state index contributed by atoms with van der Waals surface area (Å²) in [7, 11) is 0. The monoisotopic (exact) mass is 293 g/mol. The van der Waals surface area contributed by atoms with E-state index in [1.54, 1.807) is 0 Å². The van der Waals surface area contributed by atoms with E-state index in [1.165, 1.54) is 6.07 Å². The quantitative estimate of drug-likeness (QED) is 0.641. The van der Waals surface area contributed by atoms with Crippen molar-refractivity contribution in [3.8, 4) is 11.6 Å². The van der Waals surface area contributed by atoms with Gasteiger partial charge in [0.15, 0.2) is 0 Å². The van der Waals surface area contributed by atoms with Gasteiger partial charge in [0.1, 0.15) is 11.6 Å². The van der Waals surface area contributed by atoms with Gasteiger partial charge in [-0.1, -0.05) is 0 Å². The Labute approximate surface area is 118 Å². The Morgan fingerprint density at radius 2 is 2.19 bits per heavy atom. The molecule has 0 amide bonds. The van der Waals surface area contributed by atoms with Crippen LogP contribution in [-0.2, 0) is 0 Å². The van der Waals surface area contributed by atoms with Gasteiger partial charge in [-0.15, -0.1) is 0 Å². The normalized spacial score (nSPS) is 10.2. The van der Waals surface area contributed by atoms with E-state index < -0.39 is 10.7 Å². The number of nitro benzene ring substituents is 1. The Morgan fingerprint density at radius 1 is 1.43 bits per heavy atom. The van der Waals surface area contributed by atoms with Crippen LogP contribution in [0.3, 0.4) is 0 Å². The average molecular weight is 293 g/mol. The molecule has 2 rings (SSSR count). The van der Waals surface area contributed by atoms with Crippen LogP contribution in [0.2, 0.25) is 0 Å². The van der Waals surface area contributed by atoms with Gasteiger partial charge < -0.3 is 15.8 Å². The first-order valence-electron chi connectivity index (χ1n) is 6.00. The number of aromatic nitrogens is 2. The lowest BCUT2D eigenvalue weighted by atomic mass is 10.3. The van der Waals surface area contributed by atoms with Crippen molar-refractivity contribution in [3.05, 3.63) is 40.2 Å². The average Bonchev–Trinajstić information content (AvgIpc) is 2.38. The maximum atomic E-state index is 13.2. The van der Waals surface area contributed by atoms with E-state index in [2.05, 4.69) is 15.3 Å². The third-order valence-electron chi connectivity index (χ3n) is 2.41. The number of nitrogens with zero attached hydrogens (tertiary/aromatic N) is 3. The third kappa shape index (κ3) is 3.53. The van der Waals surface area contributed by atoms with Crippen LogP contribution in [0.4, 0.5) is 21.8 Å². The number of nitrogens with two attached hydrogens (primary N) is 1. The zero-order valence-electron chi connectivity index (χ0n) is 11.0. The van der Waals surface area contributed by atoms with Crippen LogP contribution in [0.15, 0.2) is 24.3 Å². The molecule has 8 nitrogen and oxygen atoms in total. The summed E-state index contributed by atoms with van der Waals surface area (Å²) in [6.07, 6.45) is 0. The van der Waals surface area contributed by atoms with Gasteiger partial charge in [-0.25, -0.2) is 4.39 Å². The van der Waals surface area contributed by atoms with Gasteiger partial charge >= 0.3 is 5.69 Å². The topological polar surface area (TPSA) is 116 Å². The fraction of sp³-hybridized carbons (Fsp3) is 0.167. The van der Waals surface area contributed by atoms with E-state index in [0.717, 1.165) is 18.2 Å². The van der Waals surface area contributed by atoms with Crippen molar-refractivity contribution in [3.63, 3.8) is 0 Å². The van der Waals surface area contributed by atoms with Crippen LogP contribution in [0.25, 0.3) is 0 Å². The number of rotatable bonds is 5. The minimum Gasteiger partial charge on any atom is -0.431 e. The standard InChI is InChI=1S/C12H12FN5O3/c1-2-15-10-6-11(17-12(14)16-10)21-9-5-7(13)3-4-8(9)18(19)20/h3-6H,2H2,1H3,(H3,14,15,16,17). The molecule has 0 aliphatic heterocycles. The lowest BCUT2D eigenvalue weighted by molar-refractivity contribution is -0.385. The SMILES string of the molecule is CCNc1cc(Oc2cc(F)ccc2[N+](=O)[O-])nc(N)n1. The van der Waals surface area contributed by atoms with E-state index >= 15 is 0 Å². The number of ether oxygens (including phenoxy) is 1. The summed E-state index contributed by atoms with van der Waals surface area (Å²) in [6, 6.07) is 4.31. The highest BCUT2D eigenvalue weighted by atomic mass is 19.1. The van der Waals surface area contributed by atoms with Gasteiger partial charge in [0.2, 0.25) is 17.6 Å². The number of benzene rings is 1. The minimum absolute atomic E-state index is 0.0212. The van der Waals surface area contributed by atoms with E-state index in [0.29, 0.717) is 12.4 Å². The molecule has 21 heavy (non-hydrogen) atoms. The van der Waals surface area contributed by atoms with Crippen LogP contribution in [-0.4, -0.2) is 21.4 Å². The Bertz CT molecular complexity index is 680. The number of nitrogens with one attached hydrogen (secondary N) is 1. The molecular formula is C12H12FN5O3. The number of hydrogen-bond acceptors (Lipinski definition) is 7. The van der Waals surface area contributed by atoms with Gasteiger partial charge in [-0.2, -0.15) is 9.97 Å². The van der Waals surface area contributed by atoms with Gasteiger partial charge in [0.05, 0.1) is 4.92 Å².